The highest BCUT2D eigenvalue weighted by Gasteiger charge is 2.30. The Hall–Kier alpha value is -0.120. The Labute approximate surface area is 106 Å². The summed E-state index contributed by atoms with van der Waals surface area (Å²) in [6, 6.07) is 0.802. The first-order valence-electron chi connectivity index (χ1n) is 7.29. The number of rotatable bonds is 5. The number of piperidine rings is 2. The van der Waals surface area contributed by atoms with Gasteiger partial charge in [0.15, 0.2) is 0 Å². The molecule has 17 heavy (non-hydrogen) atoms. The number of ether oxygens (including phenoxy) is 1. The summed E-state index contributed by atoms with van der Waals surface area (Å²) in [4.78, 5) is 2.59. The molecule has 0 bridgehead atoms. The first kappa shape index (κ1) is 13.3. The molecule has 100 valence electrons. The van der Waals surface area contributed by atoms with Gasteiger partial charge in [-0.1, -0.05) is 13.8 Å². The van der Waals surface area contributed by atoms with Crippen LogP contribution in [0.2, 0.25) is 0 Å². The van der Waals surface area contributed by atoms with E-state index in [0.717, 1.165) is 31.7 Å². The van der Waals surface area contributed by atoms with Gasteiger partial charge in [-0.05, 0) is 44.2 Å². The highest BCUT2D eigenvalue weighted by atomic mass is 16.5. The van der Waals surface area contributed by atoms with Crippen molar-refractivity contribution in [2.45, 2.75) is 39.2 Å². The van der Waals surface area contributed by atoms with E-state index in [0.29, 0.717) is 5.92 Å². The Balaban J connectivity index is 1.62. The van der Waals surface area contributed by atoms with E-state index in [-0.39, 0.29) is 0 Å². The van der Waals surface area contributed by atoms with Gasteiger partial charge in [-0.2, -0.15) is 0 Å². The summed E-state index contributed by atoms with van der Waals surface area (Å²) in [5.41, 5.74) is 0. The van der Waals surface area contributed by atoms with Crippen LogP contribution in [0, 0.1) is 11.8 Å². The van der Waals surface area contributed by atoms with Gasteiger partial charge in [0.05, 0.1) is 6.61 Å². The van der Waals surface area contributed by atoms with E-state index in [4.69, 9.17) is 4.74 Å². The molecule has 2 aliphatic rings. The third kappa shape index (κ3) is 4.23. The summed E-state index contributed by atoms with van der Waals surface area (Å²) in [5, 5.41) is 3.67. The molecule has 3 heteroatoms. The van der Waals surface area contributed by atoms with Gasteiger partial charge >= 0.3 is 0 Å². The minimum atomic E-state index is 0.656. The third-order valence-corrected chi connectivity index (χ3v) is 3.98. The van der Waals surface area contributed by atoms with Gasteiger partial charge in [-0.3, -0.25) is 0 Å². The lowest BCUT2D eigenvalue weighted by Gasteiger charge is -2.41. The van der Waals surface area contributed by atoms with E-state index < -0.39 is 0 Å². The molecule has 0 aromatic rings. The lowest BCUT2D eigenvalue weighted by molar-refractivity contribution is 0.0568. The van der Waals surface area contributed by atoms with Crippen LogP contribution in [0.5, 0.6) is 0 Å². The molecule has 2 aliphatic heterocycles. The second-order valence-electron chi connectivity index (χ2n) is 6.02. The lowest BCUT2D eigenvalue weighted by Crippen LogP contribution is -2.52. The van der Waals surface area contributed by atoms with Crippen LogP contribution in [-0.2, 0) is 4.74 Å². The Morgan fingerprint density at radius 1 is 1.35 bits per heavy atom. The van der Waals surface area contributed by atoms with Gasteiger partial charge < -0.3 is 15.0 Å². The molecule has 0 radical (unpaired) electrons. The van der Waals surface area contributed by atoms with Crippen LogP contribution in [-0.4, -0.2) is 50.3 Å². The van der Waals surface area contributed by atoms with Crippen LogP contribution in [0.25, 0.3) is 0 Å². The van der Waals surface area contributed by atoms with Crippen molar-refractivity contribution in [1.29, 1.82) is 0 Å². The normalized spacial score (nSPS) is 30.5. The molecule has 2 saturated heterocycles. The first-order valence-corrected chi connectivity index (χ1v) is 7.29. The topological polar surface area (TPSA) is 24.5 Å². The van der Waals surface area contributed by atoms with Gasteiger partial charge in [-0.25, -0.2) is 0 Å². The molecule has 2 rings (SSSR count). The Kier molecular flexibility index (Phi) is 5.26. The molecule has 2 unspecified atom stereocenters. The summed E-state index contributed by atoms with van der Waals surface area (Å²) in [6.45, 7) is 11.1. The van der Waals surface area contributed by atoms with Gasteiger partial charge in [0.2, 0.25) is 0 Å². The van der Waals surface area contributed by atoms with Crippen LogP contribution >= 0.6 is 0 Å². The number of fused-ring (bicyclic) bond motifs is 1. The van der Waals surface area contributed by atoms with Gasteiger partial charge in [0, 0.05) is 25.7 Å². The molecular formula is C14H28N2O. The third-order valence-electron chi connectivity index (χ3n) is 3.98. The average molecular weight is 240 g/mol. The van der Waals surface area contributed by atoms with E-state index in [2.05, 4.69) is 24.1 Å². The van der Waals surface area contributed by atoms with Crippen LogP contribution in [0.4, 0.5) is 0 Å². The Morgan fingerprint density at radius 2 is 2.24 bits per heavy atom. The maximum Gasteiger partial charge on any atom is 0.0593 e. The summed E-state index contributed by atoms with van der Waals surface area (Å²) < 4.78 is 5.68. The molecular weight excluding hydrogens is 212 g/mol. The van der Waals surface area contributed by atoms with Gasteiger partial charge in [0.1, 0.15) is 0 Å². The zero-order valence-electron chi connectivity index (χ0n) is 11.5. The van der Waals surface area contributed by atoms with Crippen molar-refractivity contribution in [1.82, 2.24) is 10.2 Å². The summed E-state index contributed by atoms with van der Waals surface area (Å²) >= 11 is 0. The molecule has 0 aliphatic carbocycles. The van der Waals surface area contributed by atoms with E-state index in [1.807, 2.05) is 0 Å². The van der Waals surface area contributed by atoms with Crippen molar-refractivity contribution in [3.05, 3.63) is 0 Å². The van der Waals surface area contributed by atoms with Crippen molar-refractivity contribution in [3.8, 4) is 0 Å². The fourth-order valence-electron chi connectivity index (χ4n) is 3.04. The minimum absolute atomic E-state index is 0.656. The monoisotopic (exact) mass is 240 g/mol. The first-order chi connectivity index (χ1) is 8.25. The van der Waals surface area contributed by atoms with Crippen LogP contribution < -0.4 is 5.32 Å². The fourth-order valence-corrected chi connectivity index (χ4v) is 3.04. The number of likely N-dealkylation sites (tertiary alicyclic amines) is 1. The molecule has 0 amide bonds. The highest BCUT2D eigenvalue weighted by Crippen LogP contribution is 2.24. The number of hydrogen-bond donors (Lipinski definition) is 1. The molecule has 2 atom stereocenters. The standard InChI is InChI=1S/C14H28N2O/c1-12(2)11-17-9-8-16-7-5-14-13(10-16)4-3-6-15-14/h12-15H,3-11H2,1-2H3. The SMILES string of the molecule is CC(C)COCCN1CCC2NCCCC2C1. The highest BCUT2D eigenvalue weighted by molar-refractivity contribution is 4.88. The van der Waals surface area contributed by atoms with E-state index in [9.17, 15) is 0 Å². The molecule has 0 spiro atoms. The number of nitrogens with zero attached hydrogens (tertiary/aromatic N) is 1. The van der Waals surface area contributed by atoms with Gasteiger partial charge in [0.25, 0.3) is 0 Å². The molecule has 0 aromatic carbocycles. The van der Waals surface area contributed by atoms with E-state index >= 15 is 0 Å². The second-order valence-corrected chi connectivity index (χ2v) is 6.02. The quantitative estimate of drug-likeness (QED) is 0.741. The van der Waals surface area contributed by atoms with Crippen molar-refractivity contribution >= 4 is 0 Å². The second kappa shape index (κ2) is 6.72. The Morgan fingerprint density at radius 3 is 3.06 bits per heavy atom. The zero-order chi connectivity index (χ0) is 12.1. The maximum absolute atomic E-state index is 5.68. The zero-order valence-corrected chi connectivity index (χ0v) is 11.5. The fraction of sp³-hybridized carbons (Fsp3) is 1.00. The lowest BCUT2D eigenvalue weighted by atomic mass is 9.85. The van der Waals surface area contributed by atoms with E-state index in [1.54, 1.807) is 0 Å². The molecule has 2 heterocycles. The molecule has 3 nitrogen and oxygen atoms in total. The molecule has 0 saturated carbocycles. The summed E-state index contributed by atoms with van der Waals surface area (Å²) in [5.74, 6) is 1.55. The average Bonchev–Trinajstić information content (AvgIpc) is 2.34. The van der Waals surface area contributed by atoms with Crippen LogP contribution in [0.3, 0.4) is 0 Å². The molecule has 2 fully saturated rings. The summed E-state index contributed by atoms with van der Waals surface area (Å²) in [7, 11) is 0. The molecule has 0 aromatic heterocycles. The largest absolute Gasteiger partial charge is 0.380 e. The van der Waals surface area contributed by atoms with Crippen molar-refractivity contribution in [2.75, 3.05) is 39.4 Å². The van der Waals surface area contributed by atoms with Crippen molar-refractivity contribution in [2.24, 2.45) is 11.8 Å². The Bertz CT molecular complexity index is 220. The van der Waals surface area contributed by atoms with Crippen LogP contribution in [0.1, 0.15) is 33.1 Å². The summed E-state index contributed by atoms with van der Waals surface area (Å²) in [6.07, 6.45) is 4.11. The smallest absolute Gasteiger partial charge is 0.0593 e. The van der Waals surface area contributed by atoms with Gasteiger partial charge in [-0.15, -0.1) is 0 Å². The number of nitrogens with one attached hydrogen (secondary N) is 1. The van der Waals surface area contributed by atoms with E-state index in [1.165, 1.54) is 38.9 Å². The predicted octanol–water partition coefficient (Wildman–Crippen LogP) is 1.73. The maximum atomic E-state index is 5.68. The van der Waals surface area contributed by atoms with Crippen molar-refractivity contribution < 1.29 is 4.74 Å². The van der Waals surface area contributed by atoms with Crippen LogP contribution in [0.15, 0.2) is 0 Å². The van der Waals surface area contributed by atoms with Crippen molar-refractivity contribution in [3.63, 3.8) is 0 Å². The predicted molar refractivity (Wildman–Crippen MR) is 71.2 cm³/mol. The molecule has 1 N–H and O–H groups in total. The minimum Gasteiger partial charge on any atom is -0.380 e. The number of hydrogen-bond acceptors (Lipinski definition) is 3.